The summed E-state index contributed by atoms with van der Waals surface area (Å²) in [7, 11) is 1.51. The second kappa shape index (κ2) is 11.4. The van der Waals surface area contributed by atoms with Crippen LogP contribution in [-0.4, -0.2) is 42.8 Å². The van der Waals surface area contributed by atoms with E-state index in [0.29, 0.717) is 23.5 Å². The number of hydrogen-bond acceptors (Lipinski definition) is 4. The van der Waals surface area contributed by atoms with Crippen molar-refractivity contribution < 1.29 is 18.8 Å². The summed E-state index contributed by atoms with van der Waals surface area (Å²) in [5, 5.41) is 8.45. The van der Waals surface area contributed by atoms with Crippen LogP contribution in [0.5, 0.6) is 0 Å². The highest BCUT2D eigenvalue weighted by molar-refractivity contribution is 6.00. The largest absolute Gasteiger partial charge is 0.376 e. The maximum atomic E-state index is 13.0. The molecule has 0 fully saturated rings. The Kier molecular flexibility index (Phi) is 8.13. The summed E-state index contributed by atoms with van der Waals surface area (Å²) >= 11 is 0. The van der Waals surface area contributed by atoms with Gasteiger partial charge in [-0.05, 0) is 42.0 Å². The van der Waals surface area contributed by atoms with Crippen LogP contribution in [0.3, 0.4) is 0 Å². The molecule has 8 heteroatoms. The first-order valence-corrected chi connectivity index (χ1v) is 10.4. The van der Waals surface area contributed by atoms with Crippen LogP contribution in [0.4, 0.5) is 15.8 Å². The first-order chi connectivity index (χ1) is 15.9. The SMILES string of the molecule is CN(CC(=O)Nc1ccc(F)cc1)C(=O)CNc1ccccc1C(=O)NCc1ccccc1. The molecule has 0 heterocycles. The molecule has 3 rings (SSSR count). The van der Waals surface area contributed by atoms with Crippen LogP contribution in [0.1, 0.15) is 15.9 Å². The molecular formula is C25H25FN4O3. The Labute approximate surface area is 191 Å². The fourth-order valence-electron chi connectivity index (χ4n) is 3.05. The quantitative estimate of drug-likeness (QED) is 0.469. The highest BCUT2D eigenvalue weighted by Gasteiger charge is 2.15. The van der Waals surface area contributed by atoms with Gasteiger partial charge >= 0.3 is 0 Å². The van der Waals surface area contributed by atoms with Crippen molar-refractivity contribution in [3.63, 3.8) is 0 Å². The van der Waals surface area contributed by atoms with Crippen LogP contribution in [0.15, 0.2) is 78.9 Å². The third-order valence-electron chi connectivity index (χ3n) is 4.83. The normalized spacial score (nSPS) is 10.2. The van der Waals surface area contributed by atoms with Crippen molar-refractivity contribution in [2.24, 2.45) is 0 Å². The van der Waals surface area contributed by atoms with Gasteiger partial charge in [0.15, 0.2) is 0 Å². The number of hydrogen-bond donors (Lipinski definition) is 3. The molecule has 0 bridgehead atoms. The van der Waals surface area contributed by atoms with Crippen molar-refractivity contribution in [2.75, 3.05) is 30.8 Å². The number of para-hydroxylation sites is 1. The number of rotatable bonds is 9. The molecule has 33 heavy (non-hydrogen) atoms. The summed E-state index contributed by atoms with van der Waals surface area (Å²) < 4.78 is 13.0. The molecule has 0 saturated heterocycles. The summed E-state index contributed by atoms with van der Waals surface area (Å²) in [6.45, 7) is 0.124. The standard InChI is InChI=1S/C25H25FN4O3/c1-30(17-23(31)29-20-13-11-19(26)12-14-20)24(32)16-27-22-10-6-5-9-21(22)25(33)28-15-18-7-3-2-4-8-18/h2-14,27H,15-17H2,1H3,(H,28,33)(H,29,31). The van der Waals surface area contributed by atoms with Gasteiger partial charge in [0, 0.05) is 25.0 Å². The van der Waals surface area contributed by atoms with E-state index in [-0.39, 0.29) is 24.9 Å². The van der Waals surface area contributed by atoms with E-state index < -0.39 is 11.7 Å². The molecule has 0 atom stereocenters. The zero-order valence-corrected chi connectivity index (χ0v) is 18.2. The second-order valence-corrected chi connectivity index (χ2v) is 7.37. The van der Waals surface area contributed by atoms with E-state index in [1.54, 1.807) is 24.3 Å². The van der Waals surface area contributed by atoms with E-state index in [1.165, 1.54) is 36.2 Å². The average Bonchev–Trinajstić information content (AvgIpc) is 2.83. The maximum absolute atomic E-state index is 13.0. The molecule has 0 aliphatic carbocycles. The predicted octanol–water partition coefficient (Wildman–Crippen LogP) is 3.26. The van der Waals surface area contributed by atoms with Crippen molar-refractivity contribution in [3.8, 4) is 0 Å². The van der Waals surface area contributed by atoms with Crippen LogP contribution < -0.4 is 16.0 Å². The topological polar surface area (TPSA) is 90.5 Å². The van der Waals surface area contributed by atoms with Crippen molar-refractivity contribution >= 4 is 29.1 Å². The number of amides is 3. The molecule has 0 aliphatic rings. The van der Waals surface area contributed by atoms with Crippen molar-refractivity contribution in [1.29, 1.82) is 0 Å². The van der Waals surface area contributed by atoms with Crippen LogP contribution >= 0.6 is 0 Å². The van der Waals surface area contributed by atoms with Gasteiger partial charge in [-0.15, -0.1) is 0 Å². The number of carbonyl (C=O) groups excluding carboxylic acids is 3. The lowest BCUT2D eigenvalue weighted by Crippen LogP contribution is -2.38. The molecular weight excluding hydrogens is 423 g/mol. The van der Waals surface area contributed by atoms with Crippen LogP contribution in [0.2, 0.25) is 0 Å². The van der Waals surface area contributed by atoms with Crippen molar-refractivity contribution in [3.05, 3.63) is 95.8 Å². The summed E-state index contributed by atoms with van der Waals surface area (Å²) in [6.07, 6.45) is 0. The summed E-state index contributed by atoms with van der Waals surface area (Å²) in [5.41, 5.74) is 2.35. The third kappa shape index (κ3) is 7.17. The lowest BCUT2D eigenvalue weighted by molar-refractivity contribution is -0.131. The zero-order valence-electron chi connectivity index (χ0n) is 18.2. The zero-order chi connectivity index (χ0) is 23.6. The van der Waals surface area contributed by atoms with Gasteiger partial charge in [-0.25, -0.2) is 4.39 Å². The molecule has 0 saturated carbocycles. The average molecular weight is 448 g/mol. The van der Waals surface area contributed by atoms with E-state index in [9.17, 15) is 18.8 Å². The Morgan fingerprint density at radius 2 is 1.55 bits per heavy atom. The molecule has 0 aromatic heterocycles. The molecule has 3 aromatic rings. The van der Waals surface area contributed by atoms with Crippen LogP contribution in [0, 0.1) is 5.82 Å². The number of carbonyl (C=O) groups is 3. The molecule has 3 N–H and O–H groups in total. The number of halogens is 1. The molecule has 7 nitrogen and oxygen atoms in total. The van der Waals surface area contributed by atoms with E-state index in [2.05, 4.69) is 16.0 Å². The van der Waals surface area contributed by atoms with Gasteiger partial charge in [-0.1, -0.05) is 42.5 Å². The number of nitrogens with zero attached hydrogens (tertiary/aromatic N) is 1. The molecule has 170 valence electrons. The van der Waals surface area contributed by atoms with Crippen molar-refractivity contribution in [2.45, 2.75) is 6.54 Å². The van der Waals surface area contributed by atoms with Gasteiger partial charge in [-0.2, -0.15) is 0 Å². The van der Waals surface area contributed by atoms with Gasteiger partial charge < -0.3 is 20.9 Å². The highest BCUT2D eigenvalue weighted by Crippen LogP contribution is 2.15. The summed E-state index contributed by atoms with van der Waals surface area (Å²) in [6, 6.07) is 21.8. The Bertz CT molecular complexity index is 1100. The van der Waals surface area contributed by atoms with E-state index >= 15 is 0 Å². The monoisotopic (exact) mass is 448 g/mol. The van der Waals surface area contributed by atoms with Gasteiger partial charge in [-0.3, -0.25) is 14.4 Å². The first kappa shape index (κ1) is 23.5. The van der Waals surface area contributed by atoms with Crippen molar-refractivity contribution in [1.82, 2.24) is 10.2 Å². The number of nitrogens with one attached hydrogen (secondary N) is 3. The number of benzene rings is 3. The first-order valence-electron chi connectivity index (χ1n) is 10.4. The van der Waals surface area contributed by atoms with E-state index in [1.807, 2.05) is 30.3 Å². The Balaban J connectivity index is 1.51. The second-order valence-electron chi connectivity index (χ2n) is 7.37. The molecule has 0 radical (unpaired) electrons. The molecule has 3 aromatic carbocycles. The minimum atomic E-state index is -0.404. The summed E-state index contributed by atoms with van der Waals surface area (Å²) in [5.74, 6) is -1.40. The Morgan fingerprint density at radius 1 is 0.879 bits per heavy atom. The fourth-order valence-corrected chi connectivity index (χ4v) is 3.05. The van der Waals surface area contributed by atoms with Crippen LogP contribution in [-0.2, 0) is 16.1 Å². The number of likely N-dealkylation sites (N-methyl/N-ethyl adjacent to an activating group) is 1. The molecule has 3 amide bonds. The van der Waals surface area contributed by atoms with Gasteiger partial charge in [0.2, 0.25) is 11.8 Å². The minimum Gasteiger partial charge on any atom is -0.376 e. The minimum absolute atomic E-state index is 0.0939. The Morgan fingerprint density at radius 3 is 2.27 bits per heavy atom. The van der Waals surface area contributed by atoms with E-state index in [0.717, 1.165) is 5.56 Å². The maximum Gasteiger partial charge on any atom is 0.253 e. The van der Waals surface area contributed by atoms with Gasteiger partial charge in [0.05, 0.1) is 18.7 Å². The van der Waals surface area contributed by atoms with E-state index in [4.69, 9.17) is 0 Å². The molecule has 0 spiro atoms. The predicted molar refractivity (Wildman–Crippen MR) is 125 cm³/mol. The number of anilines is 2. The lowest BCUT2D eigenvalue weighted by Gasteiger charge is -2.18. The lowest BCUT2D eigenvalue weighted by atomic mass is 10.1. The smallest absolute Gasteiger partial charge is 0.253 e. The van der Waals surface area contributed by atoms with Crippen LogP contribution in [0.25, 0.3) is 0 Å². The fraction of sp³-hybridized carbons (Fsp3) is 0.160. The van der Waals surface area contributed by atoms with Gasteiger partial charge in [0.1, 0.15) is 5.82 Å². The molecule has 0 unspecified atom stereocenters. The molecule has 0 aliphatic heterocycles. The summed E-state index contributed by atoms with van der Waals surface area (Å²) in [4.78, 5) is 38.5. The highest BCUT2D eigenvalue weighted by atomic mass is 19.1. The van der Waals surface area contributed by atoms with Gasteiger partial charge in [0.25, 0.3) is 5.91 Å². The Hall–Kier alpha value is -4.20. The third-order valence-corrected chi connectivity index (χ3v) is 4.83.